The van der Waals surface area contributed by atoms with E-state index < -0.39 is 10.0 Å². The van der Waals surface area contributed by atoms with Gasteiger partial charge in [-0.1, -0.05) is 18.5 Å². The Balaban J connectivity index is 2.05. The number of carbonyl (C=O) groups is 1. The van der Waals surface area contributed by atoms with E-state index in [1.165, 1.54) is 6.42 Å². The van der Waals surface area contributed by atoms with E-state index in [-0.39, 0.29) is 18.9 Å². The van der Waals surface area contributed by atoms with E-state index in [4.69, 9.17) is 11.6 Å². The fourth-order valence-electron chi connectivity index (χ4n) is 2.86. The van der Waals surface area contributed by atoms with Crippen LogP contribution in [0.5, 0.6) is 0 Å². The third-order valence-corrected chi connectivity index (χ3v) is 4.91. The molecule has 1 unspecified atom stereocenters. The van der Waals surface area contributed by atoms with Crippen LogP contribution in [0.4, 0.5) is 11.4 Å². The maximum atomic E-state index is 12.1. The van der Waals surface area contributed by atoms with Crippen LogP contribution in [0.25, 0.3) is 0 Å². The van der Waals surface area contributed by atoms with Gasteiger partial charge in [0.2, 0.25) is 15.9 Å². The van der Waals surface area contributed by atoms with Gasteiger partial charge in [-0.3, -0.25) is 4.79 Å². The van der Waals surface area contributed by atoms with Crippen LogP contribution in [0.1, 0.15) is 26.2 Å². The van der Waals surface area contributed by atoms with Gasteiger partial charge in [0.05, 0.1) is 17.6 Å². The summed E-state index contributed by atoms with van der Waals surface area (Å²) in [6.07, 6.45) is 3.46. The summed E-state index contributed by atoms with van der Waals surface area (Å²) in [6.45, 7) is 4.18. The molecule has 2 N–H and O–H groups in total. The second-order valence-electron chi connectivity index (χ2n) is 6.32. The Labute approximate surface area is 148 Å². The molecule has 0 radical (unpaired) electrons. The SMILES string of the molecule is CC1CCCN(c2ccc(Cl)cc2NC(=O)CCNS(C)(=O)=O)C1. The highest BCUT2D eigenvalue weighted by molar-refractivity contribution is 7.88. The fraction of sp³-hybridized carbons (Fsp3) is 0.562. The summed E-state index contributed by atoms with van der Waals surface area (Å²) in [7, 11) is -3.29. The number of nitrogens with zero attached hydrogens (tertiary/aromatic N) is 1. The molecule has 24 heavy (non-hydrogen) atoms. The zero-order chi connectivity index (χ0) is 17.7. The van der Waals surface area contributed by atoms with Crippen LogP contribution in [0.15, 0.2) is 18.2 Å². The first-order valence-electron chi connectivity index (χ1n) is 8.03. The molecular weight excluding hydrogens is 350 g/mol. The Morgan fingerprint density at radius 3 is 2.83 bits per heavy atom. The summed E-state index contributed by atoms with van der Waals surface area (Å²) in [5.74, 6) is 0.358. The summed E-state index contributed by atoms with van der Waals surface area (Å²) in [5.41, 5.74) is 1.62. The van der Waals surface area contributed by atoms with Crippen molar-refractivity contribution in [3.8, 4) is 0 Å². The van der Waals surface area contributed by atoms with Crippen LogP contribution in [0.2, 0.25) is 5.02 Å². The number of amides is 1. The van der Waals surface area contributed by atoms with E-state index in [2.05, 4.69) is 21.9 Å². The van der Waals surface area contributed by atoms with Crippen LogP contribution in [-0.2, 0) is 14.8 Å². The van der Waals surface area contributed by atoms with Crippen molar-refractivity contribution in [1.82, 2.24) is 4.72 Å². The summed E-state index contributed by atoms with van der Waals surface area (Å²) in [4.78, 5) is 14.4. The molecule has 1 aliphatic rings. The van der Waals surface area contributed by atoms with Gasteiger partial charge in [0.1, 0.15) is 0 Å². The molecule has 6 nitrogen and oxygen atoms in total. The molecule has 1 heterocycles. The van der Waals surface area contributed by atoms with Gasteiger partial charge in [-0.25, -0.2) is 13.1 Å². The Bertz CT molecular complexity index is 694. The second-order valence-corrected chi connectivity index (χ2v) is 8.59. The van der Waals surface area contributed by atoms with Crippen LogP contribution < -0.4 is 14.9 Å². The van der Waals surface area contributed by atoms with Gasteiger partial charge in [-0.05, 0) is 37.0 Å². The number of benzene rings is 1. The topological polar surface area (TPSA) is 78.5 Å². The molecule has 134 valence electrons. The monoisotopic (exact) mass is 373 g/mol. The molecule has 1 saturated heterocycles. The van der Waals surface area contributed by atoms with E-state index in [0.29, 0.717) is 16.6 Å². The van der Waals surface area contributed by atoms with Crippen LogP contribution in [-0.4, -0.2) is 40.2 Å². The van der Waals surface area contributed by atoms with E-state index in [1.807, 2.05) is 12.1 Å². The Kier molecular flexibility index (Phi) is 6.48. The molecule has 0 aromatic heterocycles. The molecule has 0 bridgehead atoms. The summed E-state index contributed by atoms with van der Waals surface area (Å²) in [5, 5.41) is 3.40. The van der Waals surface area contributed by atoms with Gasteiger partial charge >= 0.3 is 0 Å². The third-order valence-electron chi connectivity index (χ3n) is 3.95. The van der Waals surface area contributed by atoms with Crippen LogP contribution >= 0.6 is 11.6 Å². The summed E-state index contributed by atoms with van der Waals surface area (Å²) in [6, 6.07) is 5.47. The molecule has 1 amide bonds. The predicted molar refractivity (Wildman–Crippen MR) is 98.2 cm³/mol. The highest BCUT2D eigenvalue weighted by atomic mass is 35.5. The quantitative estimate of drug-likeness (QED) is 0.802. The van der Waals surface area contributed by atoms with Crippen molar-refractivity contribution in [3.05, 3.63) is 23.2 Å². The molecule has 8 heteroatoms. The van der Waals surface area contributed by atoms with Crippen molar-refractivity contribution in [2.75, 3.05) is 36.1 Å². The lowest BCUT2D eigenvalue weighted by Gasteiger charge is -2.34. The van der Waals surface area contributed by atoms with Crippen molar-refractivity contribution in [1.29, 1.82) is 0 Å². The lowest BCUT2D eigenvalue weighted by Crippen LogP contribution is -2.35. The normalized spacial score (nSPS) is 18.5. The minimum absolute atomic E-state index is 0.0649. The smallest absolute Gasteiger partial charge is 0.225 e. The summed E-state index contributed by atoms with van der Waals surface area (Å²) >= 11 is 6.07. The van der Waals surface area contributed by atoms with Crippen molar-refractivity contribution in [2.24, 2.45) is 5.92 Å². The fourth-order valence-corrected chi connectivity index (χ4v) is 3.50. The van der Waals surface area contributed by atoms with E-state index in [1.54, 1.807) is 6.07 Å². The minimum Gasteiger partial charge on any atom is -0.370 e. The number of nitrogens with one attached hydrogen (secondary N) is 2. The molecule has 1 aliphatic heterocycles. The molecule has 1 aromatic carbocycles. The number of piperidine rings is 1. The van der Waals surface area contributed by atoms with Gasteiger partial charge in [0.15, 0.2) is 0 Å². The average molecular weight is 374 g/mol. The minimum atomic E-state index is -3.29. The zero-order valence-corrected chi connectivity index (χ0v) is 15.6. The van der Waals surface area contributed by atoms with Gasteiger partial charge in [-0.2, -0.15) is 0 Å². The lowest BCUT2D eigenvalue weighted by atomic mass is 9.99. The molecule has 1 fully saturated rings. The number of carbonyl (C=O) groups excluding carboxylic acids is 1. The molecule has 0 aliphatic carbocycles. The first-order valence-corrected chi connectivity index (χ1v) is 10.3. The number of rotatable bonds is 6. The van der Waals surface area contributed by atoms with Gasteiger partial charge in [0, 0.05) is 31.1 Å². The Morgan fingerprint density at radius 1 is 1.42 bits per heavy atom. The Morgan fingerprint density at radius 2 is 2.17 bits per heavy atom. The molecule has 1 atom stereocenters. The molecule has 2 rings (SSSR count). The van der Waals surface area contributed by atoms with Crippen LogP contribution in [0.3, 0.4) is 0 Å². The Hall–Kier alpha value is -1.31. The van der Waals surface area contributed by atoms with Gasteiger partial charge in [-0.15, -0.1) is 0 Å². The highest BCUT2D eigenvalue weighted by Gasteiger charge is 2.20. The average Bonchev–Trinajstić information content (AvgIpc) is 2.46. The highest BCUT2D eigenvalue weighted by Crippen LogP contribution is 2.32. The molecule has 1 aromatic rings. The van der Waals surface area contributed by atoms with Crippen molar-refractivity contribution >= 4 is 38.9 Å². The maximum absolute atomic E-state index is 12.1. The molecule has 0 saturated carbocycles. The largest absolute Gasteiger partial charge is 0.370 e. The molecule has 0 spiro atoms. The second kappa shape index (κ2) is 8.18. The van der Waals surface area contributed by atoms with Crippen molar-refractivity contribution in [3.63, 3.8) is 0 Å². The number of hydrogen-bond acceptors (Lipinski definition) is 4. The summed E-state index contributed by atoms with van der Waals surface area (Å²) < 4.78 is 24.4. The van der Waals surface area contributed by atoms with Gasteiger partial charge < -0.3 is 10.2 Å². The van der Waals surface area contributed by atoms with Crippen molar-refractivity contribution < 1.29 is 13.2 Å². The first kappa shape index (κ1) is 19.0. The predicted octanol–water partition coefficient (Wildman–Crippen LogP) is 2.45. The number of halogens is 1. The zero-order valence-electron chi connectivity index (χ0n) is 14.0. The van der Waals surface area contributed by atoms with E-state index >= 15 is 0 Å². The first-order chi connectivity index (χ1) is 11.2. The number of hydrogen-bond donors (Lipinski definition) is 2. The molecular formula is C16H24ClN3O3S. The van der Waals surface area contributed by atoms with Crippen LogP contribution in [0, 0.1) is 5.92 Å². The lowest BCUT2D eigenvalue weighted by molar-refractivity contribution is -0.116. The third kappa shape index (κ3) is 5.96. The number of sulfonamides is 1. The van der Waals surface area contributed by atoms with Gasteiger partial charge in [0.25, 0.3) is 0 Å². The standard InChI is InChI=1S/C16H24ClN3O3S/c1-12-4-3-9-20(11-12)15-6-5-13(17)10-14(15)19-16(21)7-8-18-24(2,22)23/h5-6,10,12,18H,3-4,7-9,11H2,1-2H3,(H,19,21). The number of anilines is 2. The van der Waals surface area contributed by atoms with E-state index in [0.717, 1.165) is 31.5 Å². The van der Waals surface area contributed by atoms with E-state index in [9.17, 15) is 13.2 Å². The van der Waals surface area contributed by atoms with Crippen molar-refractivity contribution in [2.45, 2.75) is 26.2 Å². The maximum Gasteiger partial charge on any atom is 0.225 e.